The van der Waals surface area contributed by atoms with E-state index in [1.807, 2.05) is 36.7 Å². The predicted molar refractivity (Wildman–Crippen MR) is 95.3 cm³/mol. The zero-order valence-electron chi connectivity index (χ0n) is 13.6. The van der Waals surface area contributed by atoms with E-state index >= 15 is 0 Å². The summed E-state index contributed by atoms with van der Waals surface area (Å²) in [6.45, 7) is 4.49. The smallest absolute Gasteiger partial charge is 0.282 e. The van der Waals surface area contributed by atoms with Gasteiger partial charge in [0.05, 0.1) is 17.6 Å². The Morgan fingerprint density at radius 2 is 2.04 bits per heavy atom. The Morgan fingerprint density at radius 3 is 2.67 bits per heavy atom. The molecule has 0 aliphatic carbocycles. The lowest BCUT2D eigenvalue weighted by atomic mass is 10.2. The van der Waals surface area contributed by atoms with Crippen LogP contribution in [-0.4, -0.2) is 24.5 Å². The van der Waals surface area contributed by atoms with Crippen molar-refractivity contribution >= 4 is 21.6 Å². The van der Waals surface area contributed by atoms with Crippen LogP contribution in [0.15, 0.2) is 39.9 Å². The number of pyridine rings is 1. The molecule has 3 aromatic rings. The third-order valence-corrected chi connectivity index (χ3v) is 4.36. The zero-order valence-corrected chi connectivity index (χ0v) is 15.2. The van der Waals surface area contributed by atoms with E-state index < -0.39 is 0 Å². The standard InChI is InChI=1S/C16H17BrN6O/c1-10-6-11(2)23(21-10)14-5-4-12(8-19-14)7-18-13-9-20-22(3)16(24)15(13)17/h4-6,8-9,18H,7H2,1-3H3. The van der Waals surface area contributed by atoms with Crippen LogP contribution in [0.1, 0.15) is 17.0 Å². The van der Waals surface area contributed by atoms with E-state index in [0.717, 1.165) is 22.8 Å². The first-order valence-electron chi connectivity index (χ1n) is 7.40. The summed E-state index contributed by atoms with van der Waals surface area (Å²) >= 11 is 3.29. The maximum Gasteiger partial charge on any atom is 0.282 e. The molecule has 0 atom stereocenters. The summed E-state index contributed by atoms with van der Waals surface area (Å²) in [7, 11) is 1.61. The number of nitrogens with one attached hydrogen (secondary N) is 1. The fraction of sp³-hybridized carbons (Fsp3) is 0.250. The van der Waals surface area contributed by atoms with Gasteiger partial charge in [0.25, 0.3) is 5.56 Å². The lowest BCUT2D eigenvalue weighted by Crippen LogP contribution is -2.21. The van der Waals surface area contributed by atoms with Crippen molar-refractivity contribution in [2.24, 2.45) is 7.05 Å². The number of halogens is 1. The highest BCUT2D eigenvalue weighted by Crippen LogP contribution is 2.17. The summed E-state index contributed by atoms with van der Waals surface area (Å²) in [6.07, 6.45) is 3.41. The van der Waals surface area contributed by atoms with Crippen molar-refractivity contribution in [3.05, 3.63) is 62.4 Å². The summed E-state index contributed by atoms with van der Waals surface area (Å²) in [5.74, 6) is 0.778. The molecular formula is C16H17BrN6O. The molecule has 7 nitrogen and oxygen atoms in total. The molecule has 3 rings (SSSR count). The fourth-order valence-electron chi connectivity index (χ4n) is 2.34. The van der Waals surface area contributed by atoms with Gasteiger partial charge in [-0.05, 0) is 47.5 Å². The quantitative estimate of drug-likeness (QED) is 0.741. The molecule has 0 saturated heterocycles. The lowest BCUT2D eigenvalue weighted by Gasteiger charge is -2.09. The molecule has 0 amide bonds. The van der Waals surface area contributed by atoms with E-state index in [0.29, 0.717) is 16.7 Å². The number of aromatic nitrogens is 5. The number of hydrogen-bond donors (Lipinski definition) is 1. The average Bonchev–Trinajstić information content (AvgIpc) is 2.91. The van der Waals surface area contributed by atoms with Crippen LogP contribution >= 0.6 is 15.9 Å². The molecule has 0 fully saturated rings. The van der Waals surface area contributed by atoms with Gasteiger partial charge in [-0.2, -0.15) is 10.2 Å². The predicted octanol–water partition coefficient (Wildman–Crippen LogP) is 2.35. The van der Waals surface area contributed by atoms with E-state index in [1.165, 1.54) is 4.68 Å². The summed E-state index contributed by atoms with van der Waals surface area (Å²) in [5, 5.41) is 11.6. The topological polar surface area (TPSA) is 77.6 Å². The van der Waals surface area contributed by atoms with Gasteiger partial charge in [-0.15, -0.1) is 0 Å². The van der Waals surface area contributed by atoms with E-state index in [4.69, 9.17) is 0 Å². The van der Waals surface area contributed by atoms with Gasteiger partial charge in [0, 0.05) is 25.5 Å². The second-order valence-corrected chi connectivity index (χ2v) is 6.31. The van der Waals surface area contributed by atoms with Gasteiger partial charge in [-0.25, -0.2) is 14.3 Å². The molecule has 0 aliphatic heterocycles. The maximum atomic E-state index is 11.8. The Morgan fingerprint density at radius 1 is 1.25 bits per heavy atom. The molecule has 0 unspecified atom stereocenters. The van der Waals surface area contributed by atoms with Crippen molar-refractivity contribution in [2.45, 2.75) is 20.4 Å². The van der Waals surface area contributed by atoms with Crippen molar-refractivity contribution in [3.8, 4) is 5.82 Å². The van der Waals surface area contributed by atoms with E-state index in [2.05, 4.69) is 36.4 Å². The summed E-state index contributed by atoms with van der Waals surface area (Å²) < 4.78 is 3.56. The van der Waals surface area contributed by atoms with Gasteiger partial charge in [0.2, 0.25) is 0 Å². The molecule has 24 heavy (non-hydrogen) atoms. The van der Waals surface area contributed by atoms with E-state index in [1.54, 1.807) is 19.4 Å². The van der Waals surface area contributed by atoms with Crippen molar-refractivity contribution in [1.29, 1.82) is 0 Å². The maximum absolute atomic E-state index is 11.8. The van der Waals surface area contributed by atoms with Gasteiger partial charge in [0.15, 0.2) is 5.82 Å². The van der Waals surface area contributed by atoms with Gasteiger partial charge >= 0.3 is 0 Å². The molecule has 0 radical (unpaired) electrons. The summed E-state index contributed by atoms with van der Waals surface area (Å²) in [5.41, 5.74) is 3.47. The minimum atomic E-state index is -0.182. The first-order chi connectivity index (χ1) is 11.5. The number of anilines is 1. The highest BCUT2D eigenvalue weighted by atomic mass is 79.9. The molecule has 0 spiro atoms. The van der Waals surface area contributed by atoms with Crippen LogP contribution in [0.2, 0.25) is 0 Å². The molecule has 8 heteroatoms. The second-order valence-electron chi connectivity index (χ2n) is 5.52. The first-order valence-corrected chi connectivity index (χ1v) is 8.19. The first kappa shape index (κ1) is 16.4. The van der Waals surface area contributed by atoms with Gasteiger partial charge < -0.3 is 5.32 Å². The minimum Gasteiger partial charge on any atom is -0.379 e. The molecular weight excluding hydrogens is 372 g/mol. The number of hydrogen-bond acceptors (Lipinski definition) is 5. The largest absolute Gasteiger partial charge is 0.379 e. The zero-order chi connectivity index (χ0) is 17.3. The van der Waals surface area contributed by atoms with E-state index in [9.17, 15) is 4.79 Å². The van der Waals surface area contributed by atoms with Crippen LogP contribution in [0.5, 0.6) is 0 Å². The molecule has 124 valence electrons. The van der Waals surface area contributed by atoms with Gasteiger partial charge in [-0.3, -0.25) is 4.79 Å². The average molecular weight is 389 g/mol. The van der Waals surface area contributed by atoms with Crippen molar-refractivity contribution in [3.63, 3.8) is 0 Å². The van der Waals surface area contributed by atoms with Crippen molar-refractivity contribution in [1.82, 2.24) is 24.5 Å². The third-order valence-electron chi connectivity index (χ3n) is 3.60. The second kappa shape index (κ2) is 6.56. The highest BCUT2D eigenvalue weighted by molar-refractivity contribution is 9.10. The summed E-state index contributed by atoms with van der Waals surface area (Å²) in [6, 6.07) is 5.92. The number of rotatable bonds is 4. The van der Waals surface area contributed by atoms with Crippen LogP contribution < -0.4 is 10.9 Å². The summed E-state index contributed by atoms with van der Waals surface area (Å²) in [4.78, 5) is 16.3. The van der Waals surface area contributed by atoms with Crippen LogP contribution in [0.4, 0.5) is 5.69 Å². The number of aryl methyl sites for hydroxylation is 3. The Balaban J connectivity index is 1.74. The van der Waals surface area contributed by atoms with E-state index in [-0.39, 0.29) is 5.56 Å². The SMILES string of the molecule is Cc1cc(C)n(-c2ccc(CNc3cnn(C)c(=O)c3Br)cn2)n1. The minimum absolute atomic E-state index is 0.182. The molecule has 0 saturated carbocycles. The molecule has 0 aliphatic rings. The molecule has 0 bridgehead atoms. The monoisotopic (exact) mass is 388 g/mol. The van der Waals surface area contributed by atoms with Crippen LogP contribution in [0.25, 0.3) is 5.82 Å². The Hall–Kier alpha value is -2.48. The molecule has 3 aromatic heterocycles. The lowest BCUT2D eigenvalue weighted by molar-refractivity contribution is 0.703. The Bertz CT molecular complexity index is 929. The normalized spacial score (nSPS) is 10.8. The third kappa shape index (κ3) is 3.23. The molecule has 3 heterocycles. The molecule has 1 N–H and O–H groups in total. The Kier molecular flexibility index (Phi) is 4.48. The fourth-order valence-corrected chi connectivity index (χ4v) is 2.84. The van der Waals surface area contributed by atoms with Crippen LogP contribution in [0.3, 0.4) is 0 Å². The highest BCUT2D eigenvalue weighted by Gasteiger charge is 2.08. The van der Waals surface area contributed by atoms with Gasteiger partial charge in [0.1, 0.15) is 4.47 Å². The van der Waals surface area contributed by atoms with Gasteiger partial charge in [-0.1, -0.05) is 6.07 Å². The number of nitrogens with zero attached hydrogens (tertiary/aromatic N) is 5. The van der Waals surface area contributed by atoms with Crippen molar-refractivity contribution < 1.29 is 0 Å². The van der Waals surface area contributed by atoms with Crippen molar-refractivity contribution in [2.75, 3.05) is 5.32 Å². The van der Waals surface area contributed by atoms with Crippen LogP contribution in [0, 0.1) is 13.8 Å². The molecule has 0 aromatic carbocycles. The Labute approximate surface area is 147 Å². The van der Waals surface area contributed by atoms with Crippen LogP contribution in [-0.2, 0) is 13.6 Å².